The van der Waals surface area contributed by atoms with Crippen molar-refractivity contribution in [2.24, 2.45) is 5.41 Å². The van der Waals surface area contributed by atoms with E-state index in [1.54, 1.807) is 14.2 Å². The first-order chi connectivity index (χ1) is 10.1. The highest BCUT2D eigenvalue weighted by Gasteiger charge is 2.52. The first-order valence-corrected chi connectivity index (χ1v) is 7.71. The van der Waals surface area contributed by atoms with Gasteiger partial charge in [0.1, 0.15) is 6.10 Å². The topological polar surface area (TPSA) is 39.7 Å². The molecule has 1 aliphatic carbocycles. The van der Waals surface area contributed by atoms with Gasteiger partial charge in [-0.25, -0.2) is 0 Å². The van der Waals surface area contributed by atoms with Crippen molar-refractivity contribution in [2.75, 3.05) is 20.8 Å². The smallest absolute Gasteiger partial charge is 0.203 e. The van der Waals surface area contributed by atoms with Crippen LogP contribution in [0.25, 0.3) is 0 Å². The van der Waals surface area contributed by atoms with E-state index < -0.39 is 0 Å². The third-order valence-electron chi connectivity index (χ3n) is 4.84. The highest BCUT2D eigenvalue weighted by atomic mass is 16.5. The van der Waals surface area contributed by atoms with E-state index in [1.807, 2.05) is 18.2 Å². The molecule has 4 heteroatoms. The molecule has 0 heterocycles. The van der Waals surface area contributed by atoms with E-state index in [-0.39, 0.29) is 11.5 Å². The summed E-state index contributed by atoms with van der Waals surface area (Å²) >= 11 is 0. The first-order valence-electron chi connectivity index (χ1n) is 7.71. The fourth-order valence-corrected chi connectivity index (χ4v) is 3.11. The molecule has 0 radical (unpaired) electrons. The molecule has 0 spiro atoms. The average molecular weight is 293 g/mol. The zero-order valence-electron chi connectivity index (χ0n) is 13.7. The number of benzene rings is 1. The fraction of sp³-hybridized carbons (Fsp3) is 0.647. The molecular formula is C17H27NO3. The van der Waals surface area contributed by atoms with Crippen molar-refractivity contribution < 1.29 is 14.2 Å². The summed E-state index contributed by atoms with van der Waals surface area (Å²) in [6, 6.07) is 6.23. The van der Waals surface area contributed by atoms with Crippen LogP contribution >= 0.6 is 0 Å². The van der Waals surface area contributed by atoms with Crippen LogP contribution in [0, 0.1) is 5.41 Å². The third-order valence-corrected chi connectivity index (χ3v) is 4.84. The van der Waals surface area contributed by atoms with E-state index in [9.17, 15) is 0 Å². The van der Waals surface area contributed by atoms with Crippen molar-refractivity contribution in [3.05, 3.63) is 18.2 Å². The lowest BCUT2D eigenvalue weighted by Gasteiger charge is -2.53. The van der Waals surface area contributed by atoms with E-state index in [1.165, 1.54) is 0 Å². The summed E-state index contributed by atoms with van der Waals surface area (Å²) in [4.78, 5) is 0. The second-order valence-corrected chi connectivity index (χ2v) is 5.80. The van der Waals surface area contributed by atoms with Gasteiger partial charge >= 0.3 is 0 Å². The predicted octanol–water partition coefficient (Wildman–Crippen LogP) is 3.25. The van der Waals surface area contributed by atoms with Gasteiger partial charge in [-0.05, 0) is 25.1 Å². The Morgan fingerprint density at radius 1 is 1.19 bits per heavy atom. The molecule has 21 heavy (non-hydrogen) atoms. The molecule has 0 aliphatic heterocycles. The molecule has 1 aromatic rings. The van der Waals surface area contributed by atoms with Crippen LogP contribution in [-0.4, -0.2) is 32.9 Å². The standard InChI is InChI=1S/C17H27NO3/c1-6-17(3)14(18-7-2)11-15(17)21-16-12(19-4)9-8-10-13(16)20-5/h8-10,14-15,18H,6-7,11H2,1-5H3. The minimum Gasteiger partial charge on any atom is -0.493 e. The second kappa shape index (κ2) is 6.56. The molecule has 0 aromatic heterocycles. The van der Waals surface area contributed by atoms with Gasteiger partial charge in [-0.2, -0.15) is 0 Å². The molecule has 2 rings (SSSR count). The number of hydrogen-bond acceptors (Lipinski definition) is 4. The van der Waals surface area contributed by atoms with Gasteiger partial charge in [0.05, 0.1) is 14.2 Å². The summed E-state index contributed by atoms with van der Waals surface area (Å²) in [6.07, 6.45) is 2.27. The molecule has 1 saturated carbocycles. The van der Waals surface area contributed by atoms with Crippen molar-refractivity contribution >= 4 is 0 Å². The van der Waals surface area contributed by atoms with E-state index in [0.29, 0.717) is 11.8 Å². The van der Waals surface area contributed by atoms with Crippen LogP contribution in [0.1, 0.15) is 33.6 Å². The van der Waals surface area contributed by atoms with Crippen molar-refractivity contribution in [2.45, 2.75) is 45.8 Å². The molecule has 1 aromatic carbocycles. The molecule has 3 atom stereocenters. The quantitative estimate of drug-likeness (QED) is 0.837. The molecule has 0 amide bonds. The van der Waals surface area contributed by atoms with Crippen molar-refractivity contribution in [3.63, 3.8) is 0 Å². The zero-order valence-corrected chi connectivity index (χ0v) is 13.7. The van der Waals surface area contributed by atoms with Crippen LogP contribution in [0.15, 0.2) is 18.2 Å². The Morgan fingerprint density at radius 2 is 1.81 bits per heavy atom. The highest BCUT2D eigenvalue weighted by Crippen LogP contribution is 2.48. The maximum absolute atomic E-state index is 6.29. The Morgan fingerprint density at radius 3 is 2.29 bits per heavy atom. The van der Waals surface area contributed by atoms with Gasteiger partial charge in [-0.1, -0.05) is 26.8 Å². The SMILES string of the molecule is CCNC1CC(Oc2c(OC)cccc2OC)C1(C)CC. The molecule has 0 saturated heterocycles. The molecule has 1 N–H and O–H groups in total. The Bertz CT molecular complexity index is 455. The lowest BCUT2D eigenvalue weighted by atomic mass is 9.61. The normalized spacial score (nSPS) is 27.9. The Hall–Kier alpha value is -1.42. The summed E-state index contributed by atoms with van der Waals surface area (Å²) in [7, 11) is 3.31. The largest absolute Gasteiger partial charge is 0.493 e. The Kier molecular flexibility index (Phi) is 4.99. The summed E-state index contributed by atoms with van der Waals surface area (Å²) in [6.45, 7) is 7.65. The van der Waals surface area contributed by atoms with Gasteiger partial charge < -0.3 is 19.5 Å². The van der Waals surface area contributed by atoms with Crippen molar-refractivity contribution in [1.29, 1.82) is 0 Å². The minimum atomic E-state index is 0.141. The molecule has 1 aliphatic rings. The molecule has 1 fully saturated rings. The Balaban J connectivity index is 2.19. The Labute approximate surface area is 127 Å². The van der Waals surface area contributed by atoms with Crippen molar-refractivity contribution in [3.8, 4) is 17.2 Å². The summed E-state index contributed by atoms with van der Waals surface area (Å²) in [5, 5.41) is 3.55. The number of hydrogen-bond donors (Lipinski definition) is 1. The second-order valence-electron chi connectivity index (χ2n) is 5.80. The number of methoxy groups -OCH3 is 2. The fourth-order valence-electron chi connectivity index (χ4n) is 3.11. The minimum absolute atomic E-state index is 0.141. The van der Waals surface area contributed by atoms with E-state index in [2.05, 4.69) is 26.1 Å². The van der Waals surface area contributed by atoms with Gasteiger partial charge in [0.15, 0.2) is 11.5 Å². The van der Waals surface area contributed by atoms with Gasteiger partial charge in [0.25, 0.3) is 0 Å². The van der Waals surface area contributed by atoms with Crippen LogP contribution in [0.3, 0.4) is 0 Å². The lowest BCUT2D eigenvalue weighted by molar-refractivity contribution is -0.0714. The van der Waals surface area contributed by atoms with E-state index in [4.69, 9.17) is 14.2 Å². The molecule has 3 unspecified atom stereocenters. The van der Waals surface area contributed by atoms with Crippen LogP contribution in [0.2, 0.25) is 0 Å². The lowest BCUT2D eigenvalue weighted by Crippen LogP contribution is -2.63. The molecule has 0 bridgehead atoms. The van der Waals surface area contributed by atoms with Crippen LogP contribution < -0.4 is 19.5 Å². The van der Waals surface area contributed by atoms with Crippen molar-refractivity contribution in [1.82, 2.24) is 5.32 Å². The van der Waals surface area contributed by atoms with E-state index in [0.717, 1.165) is 30.9 Å². The van der Waals surface area contributed by atoms with Crippen LogP contribution in [0.5, 0.6) is 17.2 Å². The maximum atomic E-state index is 6.29. The maximum Gasteiger partial charge on any atom is 0.203 e. The number of para-hydroxylation sites is 1. The molecular weight excluding hydrogens is 266 g/mol. The zero-order chi connectivity index (χ0) is 15.5. The van der Waals surface area contributed by atoms with Gasteiger partial charge in [-0.15, -0.1) is 0 Å². The first kappa shape index (κ1) is 16.0. The summed E-state index contributed by atoms with van der Waals surface area (Å²) < 4.78 is 17.1. The van der Waals surface area contributed by atoms with Crippen LogP contribution in [0.4, 0.5) is 0 Å². The van der Waals surface area contributed by atoms with Gasteiger partial charge in [0, 0.05) is 17.9 Å². The predicted molar refractivity (Wildman–Crippen MR) is 84.4 cm³/mol. The molecule has 4 nitrogen and oxygen atoms in total. The van der Waals surface area contributed by atoms with Gasteiger partial charge in [0.2, 0.25) is 5.75 Å². The highest BCUT2D eigenvalue weighted by molar-refractivity contribution is 5.51. The summed E-state index contributed by atoms with van der Waals surface area (Å²) in [5.41, 5.74) is 0.141. The number of nitrogens with one attached hydrogen (secondary N) is 1. The third kappa shape index (κ3) is 2.82. The van der Waals surface area contributed by atoms with E-state index >= 15 is 0 Å². The summed E-state index contributed by atoms with van der Waals surface area (Å²) in [5.74, 6) is 2.15. The number of rotatable bonds is 7. The van der Waals surface area contributed by atoms with Gasteiger partial charge in [-0.3, -0.25) is 0 Å². The monoisotopic (exact) mass is 293 g/mol. The molecule has 118 valence electrons. The average Bonchev–Trinajstić information content (AvgIpc) is 2.52. The van der Waals surface area contributed by atoms with Crippen LogP contribution in [-0.2, 0) is 0 Å². The number of ether oxygens (including phenoxy) is 3.